The van der Waals surface area contributed by atoms with Gasteiger partial charge in [0.25, 0.3) is 0 Å². The van der Waals surface area contributed by atoms with Crippen LogP contribution < -0.4 is 0 Å². The van der Waals surface area contributed by atoms with E-state index >= 15 is 0 Å². The van der Waals surface area contributed by atoms with Crippen molar-refractivity contribution in [3.05, 3.63) is 0 Å². The molecule has 0 bridgehead atoms. The summed E-state index contributed by atoms with van der Waals surface area (Å²) in [7, 11) is 1.10. The van der Waals surface area contributed by atoms with E-state index in [2.05, 4.69) is 0 Å². The topological polar surface area (TPSA) is 213 Å². The van der Waals surface area contributed by atoms with Gasteiger partial charge < -0.3 is 54.7 Å². The van der Waals surface area contributed by atoms with Gasteiger partial charge in [0.15, 0.2) is 24.8 Å². The number of methoxy groups -OCH3 is 1. The van der Waals surface area contributed by atoms with Crippen molar-refractivity contribution in [2.45, 2.75) is 61.4 Å². The van der Waals surface area contributed by atoms with Crippen LogP contribution in [0.25, 0.3) is 0 Å². The van der Waals surface area contributed by atoms with Gasteiger partial charge in [-0.3, -0.25) is 0 Å². The van der Waals surface area contributed by atoms with Gasteiger partial charge in [-0.1, -0.05) is 0 Å². The predicted molar refractivity (Wildman–Crippen MR) is 74.5 cm³/mol. The van der Waals surface area contributed by atoms with Crippen LogP contribution in [0.4, 0.5) is 0 Å². The van der Waals surface area contributed by atoms with E-state index in [1.807, 2.05) is 0 Å². The van der Waals surface area contributed by atoms with E-state index in [1.54, 1.807) is 0 Å². The summed E-state index contributed by atoms with van der Waals surface area (Å²) < 4.78 is 19.7. The van der Waals surface area contributed by atoms with E-state index in [0.717, 1.165) is 7.11 Å². The summed E-state index contributed by atoms with van der Waals surface area (Å²) in [6.45, 7) is 0. The number of hydrogen-bond acceptors (Lipinski definition) is 11. The van der Waals surface area contributed by atoms with E-state index < -0.39 is 73.4 Å². The highest BCUT2D eigenvalue weighted by molar-refractivity contribution is 5.74. The Kier molecular flexibility index (Phi) is 6.49. The summed E-state index contributed by atoms with van der Waals surface area (Å²) in [5.74, 6) is -3.28. The van der Waals surface area contributed by atoms with Gasteiger partial charge >= 0.3 is 11.9 Å². The predicted octanol–water partition coefficient (Wildman–Crippen LogP) is -4.56. The van der Waals surface area contributed by atoms with Gasteiger partial charge in [0.1, 0.15) is 36.6 Å². The number of carboxylic acid groups (broad SMARTS) is 2. The summed E-state index contributed by atoms with van der Waals surface area (Å²) in [6.07, 6.45) is -18.6. The lowest BCUT2D eigenvalue weighted by molar-refractivity contribution is -0.348. The number of ether oxygens (including phenoxy) is 4. The summed E-state index contributed by atoms with van der Waals surface area (Å²) in [5.41, 5.74) is 0. The molecule has 0 spiro atoms. The Balaban J connectivity index is 2.22. The third-order valence-electron chi connectivity index (χ3n) is 4.12. The minimum Gasteiger partial charge on any atom is -0.479 e. The summed E-state index contributed by atoms with van der Waals surface area (Å²) in [5, 5.41) is 67.4. The molecule has 2 aliphatic rings. The van der Waals surface area contributed by atoms with E-state index in [1.165, 1.54) is 0 Å². The van der Waals surface area contributed by atoms with E-state index in [0.29, 0.717) is 0 Å². The molecule has 6 unspecified atom stereocenters. The average molecular weight is 384 g/mol. The van der Waals surface area contributed by atoms with Crippen LogP contribution in [0.2, 0.25) is 0 Å². The number of carboxylic acids is 2. The molecule has 13 nitrogen and oxygen atoms in total. The molecular formula is C13H20O13. The van der Waals surface area contributed by atoms with E-state index in [9.17, 15) is 40.2 Å². The highest BCUT2D eigenvalue weighted by Gasteiger charge is 2.53. The first-order valence-corrected chi connectivity index (χ1v) is 7.45. The third kappa shape index (κ3) is 3.80. The van der Waals surface area contributed by atoms with Gasteiger partial charge in [-0.2, -0.15) is 0 Å². The van der Waals surface area contributed by atoms with Gasteiger partial charge in [-0.05, 0) is 0 Å². The van der Waals surface area contributed by atoms with Gasteiger partial charge in [0.2, 0.25) is 0 Å². The monoisotopic (exact) mass is 384 g/mol. The number of aliphatic hydroxyl groups excluding tert-OH is 5. The highest BCUT2D eigenvalue weighted by Crippen LogP contribution is 2.29. The Labute approximate surface area is 145 Å². The molecule has 0 aromatic carbocycles. The highest BCUT2D eigenvalue weighted by atomic mass is 16.7. The fourth-order valence-corrected chi connectivity index (χ4v) is 2.70. The van der Waals surface area contributed by atoms with Crippen LogP contribution in [0.1, 0.15) is 0 Å². The number of hydrogen-bond donors (Lipinski definition) is 7. The standard InChI is InChI=1S/C13H20O13/c1-23-12-6(18)4(16)7(9(26-12)11(21)22)24-13-5(17)2(14)3(15)8(25-13)10(19)20/h2-9,12-18H,1H3,(H,19,20)(H,21,22)/t2?,3-,4?,5?,6?,7-,8?,9?,12+,13+/m0/s1. The molecular weight excluding hydrogens is 364 g/mol. The minimum atomic E-state index is -1.99. The summed E-state index contributed by atoms with van der Waals surface area (Å²) >= 11 is 0. The van der Waals surface area contributed by atoms with Crippen molar-refractivity contribution in [1.29, 1.82) is 0 Å². The Morgan fingerprint density at radius 2 is 1.23 bits per heavy atom. The molecule has 2 saturated heterocycles. The molecule has 2 fully saturated rings. The lowest BCUT2D eigenvalue weighted by atomic mass is 9.96. The van der Waals surface area contributed by atoms with Crippen LogP contribution in [0, 0.1) is 0 Å². The molecule has 0 aliphatic carbocycles. The lowest BCUT2D eigenvalue weighted by Crippen LogP contribution is -2.65. The first kappa shape index (κ1) is 20.9. The number of aliphatic carboxylic acids is 2. The quantitative estimate of drug-likeness (QED) is 0.238. The molecule has 2 aliphatic heterocycles. The Morgan fingerprint density at radius 3 is 1.73 bits per heavy atom. The molecule has 0 aromatic rings. The maximum atomic E-state index is 11.4. The van der Waals surface area contributed by atoms with Crippen LogP contribution in [0.3, 0.4) is 0 Å². The fraction of sp³-hybridized carbons (Fsp3) is 0.846. The molecule has 2 rings (SSSR count). The maximum absolute atomic E-state index is 11.4. The largest absolute Gasteiger partial charge is 0.479 e. The Hall–Kier alpha value is -1.42. The normalized spacial score (nSPS) is 46.7. The van der Waals surface area contributed by atoms with Gasteiger partial charge in [-0.25, -0.2) is 9.59 Å². The second-order valence-corrected chi connectivity index (χ2v) is 5.82. The van der Waals surface area contributed by atoms with Crippen molar-refractivity contribution >= 4 is 11.9 Å². The zero-order valence-corrected chi connectivity index (χ0v) is 13.4. The second kappa shape index (κ2) is 8.08. The van der Waals surface area contributed by atoms with Crippen molar-refractivity contribution in [1.82, 2.24) is 0 Å². The molecule has 0 saturated carbocycles. The van der Waals surface area contributed by atoms with Gasteiger partial charge in [0, 0.05) is 7.11 Å². The van der Waals surface area contributed by atoms with Crippen LogP contribution in [0.15, 0.2) is 0 Å². The van der Waals surface area contributed by atoms with Crippen LogP contribution in [-0.4, -0.2) is 116 Å². The van der Waals surface area contributed by atoms with Crippen molar-refractivity contribution in [3.8, 4) is 0 Å². The van der Waals surface area contributed by atoms with Gasteiger partial charge in [-0.15, -0.1) is 0 Å². The summed E-state index contributed by atoms with van der Waals surface area (Å²) in [4.78, 5) is 22.4. The van der Waals surface area contributed by atoms with Crippen LogP contribution in [0.5, 0.6) is 0 Å². The van der Waals surface area contributed by atoms with Crippen molar-refractivity contribution in [3.63, 3.8) is 0 Å². The van der Waals surface area contributed by atoms with Crippen LogP contribution in [-0.2, 0) is 28.5 Å². The SMILES string of the molecule is CO[C@@H]1OC(C(=O)O)[C@@H](O[C@@H]2OC(C(=O)O)[C@@H](O)C(O)C2O)C(O)C1O. The average Bonchev–Trinajstić information content (AvgIpc) is 2.58. The third-order valence-corrected chi connectivity index (χ3v) is 4.12. The van der Waals surface area contributed by atoms with Crippen molar-refractivity contribution in [2.75, 3.05) is 7.11 Å². The van der Waals surface area contributed by atoms with E-state index in [4.69, 9.17) is 24.1 Å². The molecule has 0 amide bonds. The summed E-state index contributed by atoms with van der Waals surface area (Å²) in [6, 6.07) is 0. The van der Waals surface area contributed by atoms with Crippen LogP contribution >= 0.6 is 0 Å². The molecule has 13 heteroatoms. The number of rotatable bonds is 5. The van der Waals surface area contributed by atoms with Gasteiger partial charge in [0.05, 0.1) is 0 Å². The molecule has 150 valence electrons. The lowest BCUT2D eigenvalue weighted by Gasteiger charge is -2.44. The van der Waals surface area contributed by atoms with Crippen molar-refractivity contribution in [2.24, 2.45) is 0 Å². The first-order chi connectivity index (χ1) is 12.1. The molecule has 0 aromatic heterocycles. The molecule has 0 radical (unpaired) electrons. The molecule has 7 N–H and O–H groups in total. The second-order valence-electron chi connectivity index (χ2n) is 5.82. The Morgan fingerprint density at radius 1 is 0.731 bits per heavy atom. The minimum absolute atomic E-state index is 1.10. The fourth-order valence-electron chi connectivity index (χ4n) is 2.70. The van der Waals surface area contributed by atoms with E-state index in [-0.39, 0.29) is 0 Å². The zero-order valence-electron chi connectivity index (χ0n) is 13.4. The molecule has 2 heterocycles. The number of carbonyl (C=O) groups is 2. The smallest absolute Gasteiger partial charge is 0.335 e. The first-order valence-electron chi connectivity index (χ1n) is 7.45. The van der Waals surface area contributed by atoms with Crippen molar-refractivity contribution < 1.29 is 64.3 Å². The zero-order chi connectivity index (χ0) is 19.8. The Bertz CT molecular complexity index is 526. The number of aliphatic hydroxyl groups is 5. The molecule has 26 heavy (non-hydrogen) atoms. The molecule has 10 atom stereocenters. The maximum Gasteiger partial charge on any atom is 0.335 e.